The summed E-state index contributed by atoms with van der Waals surface area (Å²) < 4.78 is 2.46. The van der Waals surface area contributed by atoms with Crippen LogP contribution in [0.4, 0.5) is 0 Å². The summed E-state index contributed by atoms with van der Waals surface area (Å²) in [6.07, 6.45) is 13.5. The Morgan fingerprint density at radius 1 is 0.716 bits per heavy atom. The van der Waals surface area contributed by atoms with E-state index in [2.05, 4.69) is 123 Å². The molecule has 2 N–H and O–H groups in total. The van der Waals surface area contributed by atoms with Gasteiger partial charge in [-0.15, -0.1) is 12.6 Å². The molecule has 0 unspecified atom stereocenters. The number of hydrogen-bond acceptors (Lipinski definition) is 4. The molecule has 0 bridgehead atoms. The number of allylic oxidation sites excluding steroid dienone is 8. The van der Waals surface area contributed by atoms with Crippen molar-refractivity contribution in [1.82, 2.24) is 4.57 Å². The van der Waals surface area contributed by atoms with E-state index in [0.717, 1.165) is 120 Å². The number of phenolic OH excluding ortho intramolecular Hbond substituents is 2. The summed E-state index contributed by atoms with van der Waals surface area (Å²) >= 11 is 4.92. The molecular formula is C60H54BN3O2S. The van der Waals surface area contributed by atoms with Gasteiger partial charge in [-0.05, 0) is 178 Å². The first-order valence-corrected chi connectivity index (χ1v) is 23.7. The second-order valence-electron chi connectivity index (χ2n) is 18.5. The van der Waals surface area contributed by atoms with Gasteiger partial charge in [0.25, 0.3) is 0 Å². The quantitative estimate of drug-likeness (QED) is 0.0646. The first-order valence-electron chi connectivity index (χ1n) is 23.2. The minimum absolute atomic E-state index is 0.0796. The molecule has 0 amide bonds. The summed E-state index contributed by atoms with van der Waals surface area (Å²) in [5.41, 5.74) is 22.8. The lowest BCUT2D eigenvalue weighted by molar-refractivity contribution is 0.441. The van der Waals surface area contributed by atoms with Gasteiger partial charge >= 0.3 is 0 Å². The predicted octanol–water partition coefficient (Wildman–Crippen LogP) is 14.3. The molecule has 330 valence electrons. The number of rotatable bonds is 7. The van der Waals surface area contributed by atoms with Crippen LogP contribution in [-0.4, -0.2) is 34.2 Å². The van der Waals surface area contributed by atoms with Gasteiger partial charge in [-0.2, -0.15) is 0 Å². The maximum Gasteiger partial charge on any atom is 0.159 e. The molecule has 3 aliphatic carbocycles. The topological polar surface area (TPSA) is 70.1 Å². The highest BCUT2D eigenvalue weighted by atomic mass is 32.1. The minimum Gasteiger partial charge on any atom is -0.507 e. The molecular weight excluding hydrogens is 838 g/mol. The fourth-order valence-electron chi connectivity index (χ4n) is 10.6. The number of benzene rings is 6. The molecule has 7 heteroatoms. The van der Waals surface area contributed by atoms with Crippen LogP contribution in [0.25, 0.3) is 61.0 Å². The lowest BCUT2D eigenvalue weighted by Gasteiger charge is -2.24. The first kappa shape index (κ1) is 44.0. The van der Waals surface area contributed by atoms with Crippen LogP contribution in [-0.2, 0) is 6.42 Å². The largest absolute Gasteiger partial charge is 0.507 e. The smallest absolute Gasteiger partial charge is 0.159 e. The van der Waals surface area contributed by atoms with E-state index in [0.29, 0.717) is 28.1 Å². The maximum absolute atomic E-state index is 11.8. The Labute approximate surface area is 400 Å². The molecule has 0 saturated heterocycles. The minimum atomic E-state index is 0.0796. The predicted molar refractivity (Wildman–Crippen MR) is 287 cm³/mol. The number of para-hydroxylation sites is 1. The zero-order chi connectivity index (χ0) is 47.0. The Bertz CT molecular complexity index is 3450. The molecule has 1 heterocycles. The Kier molecular flexibility index (Phi) is 11.2. The normalized spacial score (nSPS) is 15.0. The van der Waals surface area contributed by atoms with Crippen LogP contribution in [0.2, 0.25) is 0 Å². The summed E-state index contributed by atoms with van der Waals surface area (Å²) in [6.45, 7) is 18.5. The van der Waals surface area contributed by atoms with Crippen molar-refractivity contribution in [2.75, 3.05) is 0 Å². The van der Waals surface area contributed by atoms with Crippen molar-refractivity contribution in [3.63, 3.8) is 0 Å². The summed E-state index contributed by atoms with van der Waals surface area (Å²) in [5.74, 6) is 0.855. The summed E-state index contributed by atoms with van der Waals surface area (Å²) in [5, 5.41) is 24.9. The monoisotopic (exact) mass is 891 g/mol. The molecule has 0 spiro atoms. The van der Waals surface area contributed by atoms with Crippen molar-refractivity contribution in [3.8, 4) is 33.8 Å². The number of aromatic nitrogens is 1. The third kappa shape index (κ3) is 7.35. The van der Waals surface area contributed by atoms with Crippen LogP contribution < -0.4 is 5.46 Å². The summed E-state index contributed by atoms with van der Waals surface area (Å²) in [4.78, 5) is 11.1. The molecule has 10 rings (SSSR count). The number of nitrogens with zero attached hydrogens (tertiary/aromatic N) is 3. The van der Waals surface area contributed by atoms with Crippen molar-refractivity contribution >= 4 is 76.3 Å². The standard InChI is InChI=1S/C60H54BN3O2S/c1-32-34(3)57(65)37(6)58(66)53(32)45-29-50-48-21-15-16-22-52(48)64(56(50)51(30-45)54-33(2)35(4)59(67)36(5)55(54)61)46-25-23-43-28-44-27-42(24-26-47(44)49(43)31-46)39(8)63-60(41-19-13-10-14-20-41)62-38(7)40-17-11-9-12-18-40/h9-11,13-17,19-22,24,26-27,29-31,65-67H,8,12,18,23,25,28H2,1-7H3. The average Bonchev–Trinajstić information content (AvgIpc) is 3.89. The van der Waals surface area contributed by atoms with E-state index >= 15 is 0 Å². The lowest BCUT2D eigenvalue weighted by Crippen LogP contribution is -2.16. The van der Waals surface area contributed by atoms with Crippen LogP contribution in [0.3, 0.4) is 0 Å². The van der Waals surface area contributed by atoms with Crippen molar-refractivity contribution in [3.05, 3.63) is 183 Å². The van der Waals surface area contributed by atoms with Crippen molar-refractivity contribution < 1.29 is 10.2 Å². The van der Waals surface area contributed by atoms with Gasteiger partial charge in [0.05, 0.1) is 16.7 Å². The molecule has 0 fully saturated rings. The highest BCUT2D eigenvalue weighted by Crippen LogP contribution is 2.49. The van der Waals surface area contributed by atoms with Gasteiger partial charge in [0.15, 0.2) is 5.84 Å². The number of hydrogen-bond donors (Lipinski definition) is 3. The van der Waals surface area contributed by atoms with E-state index in [1.54, 1.807) is 6.92 Å². The zero-order valence-corrected chi connectivity index (χ0v) is 40.3. The van der Waals surface area contributed by atoms with E-state index in [1.165, 1.54) is 33.5 Å². The van der Waals surface area contributed by atoms with Gasteiger partial charge < -0.3 is 14.8 Å². The number of thiol groups is 1. The Morgan fingerprint density at radius 2 is 1.46 bits per heavy atom. The highest BCUT2D eigenvalue weighted by molar-refractivity contribution is 7.80. The summed E-state index contributed by atoms with van der Waals surface area (Å²) in [6, 6.07) is 29.9. The van der Waals surface area contributed by atoms with Crippen LogP contribution >= 0.6 is 12.6 Å². The van der Waals surface area contributed by atoms with Crippen molar-refractivity contribution in [2.24, 2.45) is 9.98 Å². The second kappa shape index (κ2) is 17.1. The van der Waals surface area contributed by atoms with Crippen LogP contribution in [0.1, 0.15) is 88.2 Å². The van der Waals surface area contributed by atoms with Gasteiger partial charge in [-0.25, -0.2) is 9.98 Å². The van der Waals surface area contributed by atoms with Gasteiger partial charge in [0.2, 0.25) is 0 Å². The Balaban J connectivity index is 1.12. The zero-order valence-electron chi connectivity index (χ0n) is 39.4. The number of phenols is 2. The van der Waals surface area contributed by atoms with E-state index in [1.807, 2.05) is 39.0 Å². The van der Waals surface area contributed by atoms with E-state index in [-0.39, 0.29) is 11.5 Å². The molecule has 1 aromatic heterocycles. The molecule has 2 radical (unpaired) electrons. The van der Waals surface area contributed by atoms with Gasteiger partial charge in [-0.3, -0.25) is 0 Å². The molecule has 7 aromatic rings. The van der Waals surface area contributed by atoms with Gasteiger partial charge in [0, 0.05) is 49.3 Å². The van der Waals surface area contributed by atoms with E-state index < -0.39 is 0 Å². The molecule has 67 heavy (non-hydrogen) atoms. The number of fused-ring (bicyclic) bond motifs is 5. The number of aromatic hydroxyl groups is 2. The van der Waals surface area contributed by atoms with Crippen LogP contribution in [0.5, 0.6) is 11.5 Å². The lowest BCUT2D eigenvalue weighted by atomic mass is 9.78. The van der Waals surface area contributed by atoms with Crippen LogP contribution in [0, 0.1) is 41.5 Å². The summed E-state index contributed by atoms with van der Waals surface area (Å²) in [7, 11) is 7.19. The third-order valence-electron chi connectivity index (χ3n) is 14.7. The molecule has 0 aliphatic heterocycles. The van der Waals surface area contributed by atoms with Crippen molar-refractivity contribution in [1.29, 1.82) is 0 Å². The molecule has 0 atom stereocenters. The average molecular weight is 892 g/mol. The first-order chi connectivity index (χ1) is 32.2. The second-order valence-corrected chi connectivity index (χ2v) is 19.0. The van der Waals surface area contributed by atoms with E-state index in [4.69, 9.17) is 30.5 Å². The third-order valence-corrected chi connectivity index (χ3v) is 15.4. The SMILES string of the molecule is [B]c1c(C)c(S)c(C)c(C)c1-c1cc(-c2c(C)c(C)c(O)c(C)c2O)cc2c3ccccc3n(C3=CC4=C(CC3)Cc3cc(C(=C)N=C(N=C(C)C5=CC=CCC5)c5ccccc5)ccc34)c12. The maximum atomic E-state index is 11.8. The molecule has 3 aliphatic rings. The molecule has 5 nitrogen and oxygen atoms in total. The molecule has 0 saturated carbocycles. The van der Waals surface area contributed by atoms with E-state index in [9.17, 15) is 10.2 Å². The van der Waals surface area contributed by atoms with Crippen LogP contribution in [0.15, 0.2) is 142 Å². The van der Waals surface area contributed by atoms with Crippen molar-refractivity contribution in [2.45, 2.75) is 85.5 Å². The Hall–Kier alpha value is -6.83. The highest BCUT2D eigenvalue weighted by Gasteiger charge is 2.29. The van der Waals surface area contributed by atoms with Gasteiger partial charge in [-0.1, -0.05) is 96.5 Å². The number of aliphatic imine (C=N–C) groups is 2. The number of amidine groups is 1. The van der Waals surface area contributed by atoms with Gasteiger partial charge in [0.1, 0.15) is 19.3 Å². The fraction of sp³-hybridized carbons (Fsp3) is 0.200. The Morgan fingerprint density at radius 3 is 2.22 bits per heavy atom. The molecule has 6 aromatic carbocycles. The fourth-order valence-corrected chi connectivity index (χ4v) is 10.9.